The quantitative estimate of drug-likeness (QED) is 0.0807. The predicted octanol–water partition coefficient (Wildman–Crippen LogP) is -14.4. The number of carbonyl (C=O) groups excluding carboxylic acids is 1. The fraction of sp³-hybridized carbons (Fsp3) is 0.957. The molecule has 0 spiro atoms. The van der Waals surface area contributed by atoms with Crippen LogP contribution in [0.5, 0.6) is 0 Å². The van der Waals surface area contributed by atoms with Crippen molar-refractivity contribution in [2.75, 3.05) is 46.2 Å². The third-order valence-corrected chi connectivity index (χ3v) is 15.8. The zero-order valence-electron chi connectivity index (χ0n) is 44.6. The molecular formula is C47H76O38. The summed E-state index contributed by atoms with van der Waals surface area (Å²) in [4.78, 5) is 23.9. The van der Waals surface area contributed by atoms with Crippen LogP contribution in [0.15, 0.2) is 0 Å². The van der Waals surface area contributed by atoms with E-state index in [9.17, 15) is 112 Å². The van der Waals surface area contributed by atoms with Gasteiger partial charge in [0.05, 0.1) is 39.6 Å². The van der Waals surface area contributed by atoms with Gasteiger partial charge >= 0.3 is 11.9 Å². The molecule has 0 aliphatic carbocycles. The fourth-order valence-electron chi connectivity index (χ4n) is 11.0. The van der Waals surface area contributed by atoms with Crippen LogP contribution in [0.4, 0.5) is 0 Å². The van der Waals surface area contributed by atoms with Crippen LogP contribution in [0, 0.1) is 0 Å². The minimum absolute atomic E-state index is 0.209. The van der Waals surface area contributed by atoms with Gasteiger partial charge in [0, 0.05) is 12.8 Å². The smallest absolute Gasteiger partial charge is 0.305 e. The summed E-state index contributed by atoms with van der Waals surface area (Å²) in [6.45, 7) is -7.46. The number of rotatable bonds is 12. The highest BCUT2D eigenvalue weighted by Gasteiger charge is 2.59. The van der Waals surface area contributed by atoms with Gasteiger partial charge in [0.1, 0.15) is 178 Å². The van der Waals surface area contributed by atoms with Gasteiger partial charge in [-0.1, -0.05) is 0 Å². The van der Waals surface area contributed by atoms with Crippen molar-refractivity contribution in [2.45, 2.75) is 234 Å². The Kier molecular flexibility index (Phi) is 23.9. The van der Waals surface area contributed by atoms with Crippen LogP contribution in [0.1, 0.15) is 19.3 Å². The average Bonchev–Trinajstić information content (AvgIpc) is 1.68. The number of aliphatic carboxylic acids is 1. The molecule has 35 atom stereocenters. The van der Waals surface area contributed by atoms with Crippen LogP contribution in [0.2, 0.25) is 0 Å². The molecule has 38 nitrogen and oxygen atoms in total. The number of ether oxygens (including phenoxy) is 15. The van der Waals surface area contributed by atoms with Crippen molar-refractivity contribution in [3.05, 3.63) is 0 Å². The minimum atomic E-state index is -2.31. The molecule has 0 aromatic heterocycles. The Balaban J connectivity index is 1.09. The van der Waals surface area contributed by atoms with Gasteiger partial charge in [0.2, 0.25) is 0 Å². The summed E-state index contributed by atoms with van der Waals surface area (Å²) in [5.41, 5.74) is 0. The Hall–Kier alpha value is -2.42. The minimum Gasteiger partial charge on any atom is -0.481 e. The second-order valence-electron chi connectivity index (χ2n) is 21.4. The Morgan fingerprint density at radius 2 is 0.459 bits per heavy atom. The zero-order valence-corrected chi connectivity index (χ0v) is 44.6. The molecule has 85 heavy (non-hydrogen) atoms. The molecule has 0 saturated carbocycles. The molecule has 0 aromatic rings. The summed E-state index contributed by atoms with van der Waals surface area (Å²) in [7, 11) is 0. The summed E-state index contributed by atoms with van der Waals surface area (Å²) in [6.07, 6.45) is -73.5. The second kappa shape index (κ2) is 29.7. The monoisotopic (exact) mass is 1250 g/mol. The van der Waals surface area contributed by atoms with E-state index in [4.69, 9.17) is 76.2 Å². The first-order valence-corrected chi connectivity index (χ1v) is 27.1. The van der Waals surface area contributed by atoms with Crippen molar-refractivity contribution in [1.82, 2.24) is 0 Å². The summed E-state index contributed by atoms with van der Waals surface area (Å²) in [5.74, 6) is -2.28. The third-order valence-electron chi connectivity index (χ3n) is 15.8. The lowest BCUT2D eigenvalue weighted by molar-refractivity contribution is -0.396. The maximum atomic E-state index is 12.8. The molecule has 0 unspecified atom stereocenters. The molecule has 21 N–H and O–H groups in total. The van der Waals surface area contributed by atoms with E-state index >= 15 is 0 Å². The number of carboxylic acids is 1. The van der Waals surface area contributed by atoms with Crippen molar-refractivity contribution >= 4 is 11.9 Å². The number of carboxylic acid groups (broad SMARTS) is 1. The van der Waals surface area contributed by atoms with E-state index in [2.05, 4.69) is 0 Å². The topological polar surface area (TPSA) is 597 Å². The molecule has 21 rings (SSSR count). The first-order valence-electron chi connectivity index (χ1n) is 27.1. The van der Waals surface area contributed by atoms with Crippen LogP contribution >= 0.6 is 0 Å². The van der Waals surface area contributed by atoms with E-state index in [1.807, 2.05) is 0 Å². The average molecular weight is 1250 g/mol. The number of esters is 1. The second-order valence-corrected chi connectivity index (χ2v) is 21.4. The molecule has 21 fully saturated rings. The molecule has 14 bridgehead atoms. The maximum absolute atomic E-state index is 12.8. The van der Waals surface area contributed by atoms with E-state index < -0.39 is 286 Å². The van der Waals surface area contributed by atoms with Gasteiger partial charge in [-0.3, -0.25) is 9.59 Å². The molecule has 0 aromatic carbocycles. The van der Waals surface area contributed by atoms with Crippen LogP contribution in [-0.4, -0.2) is 380 Å². The molecular weight excluding hydrogens is 1170 g/mol. The number of carbonyl (C=O) groups is 2. The highest BCUT2D eigenvalue weighted by Crippen LogP contribution is 2.39. The highest BCUT2D eigenvalue weighted by molar-refractivity contribution is 5.71. The predicted molar refractivity (Wildman–Crippen MR) is 254 cm³/mol. The van der Waals surface area contributed by atoms with E-state index in [0.29, 0.717) is 0 Å². The van der Waals surface area contributed by atoms with Crippen molar-refractivity contribution < 1.29 is 188 Å². The Bertz CT molecular complexity index is 2090. The Labute approximate surface area is 479 Å². The lowest BCUT2D eigenvalue weighted by atomic mass is 9.95. The Morgan fingerprint density at radius 1 is 0.271 bits per heavy atom. The normalized spacial score (nSPS) is 51.1. The van der Waals surface area contributed by atoms with Gasteiger partial charge in [-0.05, 0) is 6.42 Å². The molecule has 21 saturated heterocycles. The van der Waals surface area contributed by atoms with Crippen LogP contribution in [0.25, 0.3) is 0 Å². The first kappa shape index (κ1) is 68.5. The Morgan fingerprint density at radius 3 is 0.647 bits per heavy atom. The van der Waals surface area contributed by atoms with E-state index in [1.54, 1.807) is 0 Å². The fourth-order valence-corrected chi connectivity index (χ4v) is 11.0. The highest BCUT2D eigenvalue weighted by atomic mass is 16.8. The molecule has 21 aliphatic heterocycles. The SMILES string of the molecule is O=C(O)CCCC(=O)OC[C@H]1O[C@@H]2O[C@H]3[C@H](O)[C@@H](O)[C@@H](O[C@H]4[C@H](O)[C@@H](O)[C@@H](O[C@H]5[C@H](O)[C@@H](O)[C@@H](O[C@H]6[C@H](O)[C@@H](O)[C@@H](O[C@H]7[C@H](O)[C@@H](O)[C@@H](O[C@H]8[C@H](O)[C@@H](O)[C@@H](O[C@H]1[C@H](O)[C@H]2O)O[C@@H]8CO)O[C@@H]7CO)O[C@@H]6CO)O[C@@H]5CO)O[C@@H]4CO)O[C@@H]3CO. The molecule has 38 heteroatoms. The van der Waals surface area contributed by atoms with E-state index in [1.165, 1.54) is 0 Å². The third kappa shape index (κ3) is 14.5. The van der Waals surface area contributed by atoms with Crippen molar-refractivity contribution in [1.29, 1.82) is 0 Å². The molecule has 21 heterocycles. The summed E-state index contributed by atoms with van der Waals surface area (Å²) in [6, 6.07) is 0. The first-order chi connectivity index (χ1) is 40.4. The largest absolute Gasteiger partial charge is 0.481 e. The lowest BCUT2D eigenvalue weighted by Crippen LogP contribution is -2.68. The van der Waals surface area contributed by atoms with Crippen LogP contribution in [0.3, 0.4) is 0 Å². The van der Waals surface area contributed by atoms with Gasteiger partial charge in [-0.2, -0.15) is 0 Å². The van der Waals surface area contributed by atoms with Crippen molar-refractivity contribution in [2.24, 2.45) is 0 Å². The van der Waals surface area contributed by atoms with Crippen LogP contribution in [-0.2, 0) is 80.6 Å². The lowest BCUT2D eigenvalue weighted by Gasteiger charge is -2.50. The van der Waals surface area contributed by atoms with E-state index in [-0.39, 0.29) is 6.42 Å². The summed E-state index contributed by atoms with van der Waals surface area (Å²) >= 11 is 0. The van der Waals surface area contributed by atoms with Crippen LogP contribution < -0.4 is 0 Å². The number of aliphatic hydroxyl groups is 20. The number of hydrogen-bond donors (Lipinski definition) is 21. The number of aliphatic hydroxyl groups excluding tert-OH is 20. The van der Waals surface area contributed by atoms with Gasteiger partial charge in [0.25, 0.3) is 0 Å². The molecule has 0 radical (unpaired) electrons. The maximum Gasteiger partial charge on any atom is 0.305 e. The van der Waals surface area contributed by atoms with Crippen molar-refractivity contribution in [3.8, 4) is 0 Å². The van der Waals surface area contributed by atoms with Gasteiger partial charge in [0.15, 0.2) is 44.0 Å². The molecule has 492 valence electrons. The van der Waals surface area contributed by atoms with Crippen molar-refractivity contribution in [3.63, 3.8) is 0 Å². The molecule has 21 aliphatic rings. The van der Waals surface area contributed by atoms with Gasteiger partial charge in [-0.25, -0.2) is 0 Å². The summed E-state index contributed by atoms with van der Waals surface area (Å²) in [5, 5.41) is 231. The van der Waals surface area contributed by atoms with Gasteiger partial charge < -0.3 is 178 Å². The number of hydrogen-bond acceptors (Lipinski definition) is 37. The standard InChI is InChI=1S/C47H76O38/c48-4-11-34-21(58)28(65)42(73-11)81-36-13(6-50)75-44(30(67)23(36)60)83-38-15(8-52)77-46(32(69)25(38)62)85-40-17(10-71-19(56)3-1-2-18(54)55)78-47(33(70)26(40)63)84-39-16(9-53)76-45(31(68)24(39)61)82-37-14(7-51)74-43(29(66)22(37)59)80-35-12(5-49)72-41(79-34)27(64)20(35)57/h11-17,20-53,57-70H,1-10H2,(H,54,55)/t11-,12-,13-,14-,15-,16-,17-,20-,21-,22-,23-,24-,25-,26-,27-,28-,29-,30-,31-,32-,33-,34-,35-,36-,37-,38-,39-,40-,41-,42-,43-,44-,45-,46-,47-/m1/s1. The summed E-state index contributed by atoms with van der Waals surface area (Å²) < 4.78 is 85.5. The molecule has 0 amide bonds. The van der Waals surface area contributed by atoms with E-state index in [0.717, 1.165) is 0 Å². The van der Waals surface area contributed by atoms with Gasteiger partial charge in [-0.15, -0.1) is 0 Å². The zero-order chi connectivity index (χ0) is 62.0.